The average molecular weight is 222 g/mol. The van der Waals surface area contributed by atoms with Crippen molar-refractivity contribution in [2.75, 3.05) is 0 Å². The minimum absolute atomic E-state index is 0.167. The van der Waals surface area contributed by atoms with E-state index in [4.69, 9.17) is 20.4 Å². The third-order valence-electron chi connectivity index (χ3n) is 1.02. The van der Waals surface area contributed by atoms with Crippen molar-refractivity contribution in [1.29, 1.82) is 0 Å². The van der Waals surface area contributed by atoms with Crippen molar-refractivity contribution in [3.63, 3.8) is 0 Å². The van der Waals surface area contributed by atoms with Gasteiger partial charge in [-0.2, -0.15) is 0 Å². The van der Waals surface area contributed by atoms with Crippen LogP contribution in [0, 0.1) is 0 Å². The van der Waals surface area contributed by atoms with Gasteiger partial charge in [-0.15, -0.1) is 0 Å². The molecule has 0 radical (unpaired) electrons. The van der Waals surface area contributed by atoms with Crippen LogP contribution in [-0.2, 0) is 14.4 Å². The zero-order valence-electron chi connectivity index (χ0n) is 8.21. The molecule has 0 heterocycles. The maximum Gasteiger partial charge on any atom is 0.305 e. The van der Waals surface area contributed by atoms with Crippen LogP contribution in [0.3, 0.4) is 0 Å². The highest BCUT2D eigenvalue weighted by Crippen LogP contribution is 1.86. The second kappa shape index (κ2) is 8.95. The molecule has 0 unspecified atom stereocenters. The largest absolute Gasteiger partial charge is 0.481 e. The number of hydrogen-bond acceptors (Lipinski definition) is 4. The zero-order valence-corrected chi connectivity index (χ0v) is 8.21. The molecule has 0 aromatic heterocycles. The van der Waals surface area contributed by atoms with Crippen LogP contribution in [0.1, 0.15) is 26.2 Å². The van der Waals surface area contributed by atoms with E-state index in [1.165, 1.54) is 6.92 Å². The monoisotopic (exact) mass is 222 g/mol. The Morgan fingerprint density at radius 1 is 0.933 bits per heavy atom. The molecule has 0 aromatic carbocycles. The summed E-state index contributed by atoms with van der Waals surface area (Å²) in [5.74, 6) is -3.12. The Labute approximate surface area is 86.0 Å². The Kier molecular flexibility index (Phi) is 9.44. The second-order valence-corrected chi connectivity index (χ2v) is 2.73. The van der Waals surface area contributed by atoms with E-state index < -0.39 is 24.0 Å². The van der Waals surface area contributed by atoms with Gasteiger partial charge in [0.2, 0.25) is 0 Å². The minimum Gasteiger partial charge on any atom is -0.481 e. The van der Waals surface area contributed by atoms with Gasteiger partial charge in [-0.1, -0.05) is 0 Å². The summed E-state index contributed by atoms with van der Waals surface area (Å²) >= 11 is 0. The van der Waals surface area contributed by atoms with E-state index >= 15 is 0 Å². The van der Waals surface area contributed by atoms with Gasteiger partial charge in [0, 0.05) is 0 Å². The summed E-state index contributed by atoms with van der Waals surface area (Å²) in [7, 11) is 0. The molecule has 0 fully saturated rings. The number of aliphatic carboxylic acids is 3. The Morgan fingerprint density at radius 3 is 1.33 bits per heavy atom. The molecule has 0 aliphatic carbocycles. The van der Waals surface area contributed by atoms with Crippen molar-refractivity contribution in [2.24, 2.45) is 0 Å². The number of hydrogen-bond donors (Lipinski definition) is 4. The molecule has 0 saturated heterocycles. The lowest BCUT2D eigenvalue weighted by molar-refractivity contribution is -0.143. The molecule has 0 aromatic rings. The van der Waals surface area contributed by atoms with E-state index in [0.29, 0.717) is 0 Å². The number of aliphatic hydroxyl groups is 1. The van der Waals surface area contributed by atoms with Gasteiger partial charge < -0.3 is 20.4 Å². The summed E-state index contributed by atoms with van der Waals surface area (Å²) in [6.45, 7) is 1.44. The Morgan fingerprint density at radius 2 is 1.27 bits per heavy atom. The number of aliphatic hydroxyl groups excluding tert-OH is 1. The Bertz CT molecular complexity index is 207. The molecule has 1 atom stereocenters. The van der Waals surface area contributed by atoms with Crippen molar-refractivity contribution in [2.45, 2.75) is 32.3 Å². The summed E-state index contributed by atoms with van der Waals surface area (Å²) < 4.78 is 0. The molecule has 88 valence electrons. The van der Waals surface area contributed by atoms with Gasteiger partial charge >= 0.3 is 17.9 Å². The van der Waals surface area contributed by atoms with Gasteiger partial charge in [0.15, 0.2) is 0 Å². The summed E-state index contributed by atoms with van der Waals surface area (Å²) in [6.07, 6.45) is -1.48. The number of carbonyl (C=O) groups is 3. The fourth-order valence-corrected chi connectivity index (χ4v) is 0.467. The Hall–Kier alpha value is -1.63. The van der Waals surface area contributed by atoms with Crippen molar-refractivity contribution >= 4 is 17.9 Å². The summed E-state index contributed by atoms with van der Waals surface area (Å²) in [4.78, 5) is 28.9. The fraction of sp³-hybridized carbons (Fsp3) is 0.625. The molecular formula is C8H14O7. The van der Waals surface area contributed by atoms with E-state index in [0.717, 1.165) is 0 Å². The highest BCUT2D eigenvalue weighted by Gasteiger charge is 2.00. The molecule has 0 aliphatic rings. The van der Waals surface area contributed by atoms with Crippen LogP contribution in [0.25, 0.3) is 0 Å². The van der Waals surface area contributed by atoms with Crippen LogP contribution in [0.5, 0.6) is 0 Å². The van der Waals surface area contributed by atoms with E-state index in [1.807, 2.05) is 0 Å². The molecule has 0 bridgehead atoms. The Balaban J connectivity index is 0. The highest BCUT2D eigenvalue weighted by molar-refractivity contribution is 5.75. The van der Waals surface area contributed by atoms with Crippen molar-refractivity contribution in [3.8, 4) is 0 Å². The smallest absolute Gasteiger partial charge is 0.305 e. The lowest BCUT2D eigenvalue weighted by Crippen LogP contribution is -2.07. The molecular weight excluding hydrogens is 208 g/mol. The molecule has 4 N–H and O–H groups in total. The zero-order chi connectivity index (χ0) is 12.4. The third-order valence-corrected chi connectivity index (χ3v) is 1.02. The summed E-state index contributed by atoms with van der Waals surface area (Å²) in [5.41, 5.74) is 0. The summed E-state index contributed by atoms with van der Waals surface area (Å²) in [6, 6.07) is 0. The molecule has 7 heteroatoms. The molecule has 0 aliphatic heterocycles. The van der Waals surface area contributed by atoms with E-state index in [9.17, 15) is 14.4 Å². The number of rotatable bonds is 5. The fourth-order valence-electron chi connectivity index (χ4n) is 0.467. The van der Waals surface area contributed by atoms with Crippen LogP contribution >= 0.6 is 0 Å². The first kappa shape index (κ1) is 15.8. The average Bonchev–Trinajstić information content (AvgIpc) is 1.99. The maximum atomic E-state index is 9.65. The predicted molar refractivity (Wildman–Crippen MR) is 48.4 cm³/mol. The van der Waals surface area contributed by atoms with Crippen molar-refractivity contribution < 1.29 is 34.8 Å². The molecule has 0 saturated carbocycles. The lowest BCUT2D eigenvalue weighted by atomic mass is 10.3. The normalized spacial score (nSPS) is 10.8. The van der Waals surface area contributed by atoms with Gasteiger partial charge in [0.05, 0.1) is 25.4 Å². The van der Waals surface area contributed by atoms with Crippen LogP contribution < -0.4 is 0 Å². The molecule has 15 heavy (non-hydrogen) atoms. The first-order valence-electron chi connectivity index (χ1n) is 4.09. The van der Waals surface area contributed by atoms with Crippen LogP contribution in [-0.4, -0.2) is 44.4 Å². The van der Waals surface area contributed by atoms with Crippen molar-refractivity contribution in [3.05, 3.63) is 0 Å². The molecule has 0 spiro atoms. The first-order valence-corrected chi connectivity index (χ1v) is 4.09. The lowest BCUT2D eigenvalue weighted by Gasteiger charge is -1.94. The minimum atomic E-state index is -1.08. The first-order chi connectivity index (χ1) is 6.75. The molecule has 0 rings (SSSR count). The van der Waals surface area contributed by atoms with Gasteiger partial charge in [-0.25, -0.2) is 0 Å². The van der Waals surface area contributed by atoms with Crippen LogP contribution in [0.2, 0.25) is 0 Å². The van der Waals surface area contributed by atoms with Gasteiger partial charge in [0.1, 0.15) is 0 Å². The summed E-state index contributed by atoms with van der Waals surface area (Å²) in [5, 5.41) is 32.1. The van der Waals surface area contributed by atoms with E-state index in [1.54, 1.807) is 0 Å². The van der Waals surface area contributed by atoms with Crippen LogP contribution in [0.4, 0.5) is 0 Å². The third kappa shape index (κ3) is 24.5. The maximum absolute atomic E-state index is 9.65. The van der Waals surface area contributed by atoms with E-state index in [2.05, 4.69) is 0 Å². The van der Waals surface area contributed by atoms with E-state index in [-0.39, 0.29) is 19.3 Å². The second-order valence-electron chi connectivity index (χ2n) is 2.73. The number of carboxylic acid groups (broad SMARTS) is 3. The quantitative estimate of drug-likeness (QED) is 0.505. The SMILES string of the molecule is C[C@@H](O)CC(=O)O.O=C(O)CCC(=O)O. The topological polar surface area (TPSA) is 132 Å². The highest BCUT2D eigenvalue weighted by atomic mass is 16.4. The van der Waals surface area contributed by atoms with Gasteiger partial charge in [0.25, 0.3) is 0 Å². The van der Waals surface area contributed by atoms with Gasteiger partial charge in [-0.05, 0) is 6.92 Å². The standard InChI is InChI=1S/C4H6O4.C4H8O3/c5-3(6)1-2-4(7)8;1-3(5)2-4(6)7/h1-2H2,(H,5,6)(H,7,8);3,5H,2H2,1H3,(H,6,7)/t;3-/m.1/s1. The van der Waals surface area contributed by atoms with Crippen molar-refractivity contribution in [1.82, 2.24) is 0 Å². The molecule has 7 nitrogen and oxygen atoms in total. The molecule has 0 amide bonds. The van der Waals surface area contributed by atoms with Gasteiger partial charge in [-0.3, -0.25) is 14.4 Å². The predicted octanol–water partition coefficient (Wildman–Crippen LogP) is -0.222. The van der Waals surface area contributed by atoms with Crippen LogP contribution in [0.15, 0.2) is 0 Å². The number of carboxylic acids is 3.